The van der Waals surface area contributed by atoms with Gasteiger partial charge in [0, 0.05) is 31.7 Å². The highest BCUT2D eigenvalue weighted by Crippen LogP contribution is 2.22. The number of piperazine rings is 1. The molecule has 1 aliphatic heterocycles. The average molecular weight is 419 g/mol. The Labute approximate surface area is 171 Å². The molecule has 1 fully saturated rings. The first-order valence-electron chi connectivity index (χ1n) is 9.58. The summed E-state index contributed by atoms with van der Waals surface area (Å²) in [6.07, 6.45) is 0.232. The largest absolute Gasteiger partial charge is 0.496 e. The first-order chi connectivity index (χ1) is 14.0. The summed E-state index contributed by atoms with van der Waals surface area (Å²) in [6.45, 7) is 3.67. The molecular weight excluding hydrogens is 392 g/mol. The maximum Gasteiger partial charge on any atom is 0.243 e. The normalized spacial score (nSPS) is 15.2. The monoisotopic (exact) mass is 418 g/mol. The predicted molar refractivity (Wildman–Crippen MR) is 110 cm³/mol. The topological polar surface area (TPSA) is 76.2 Å². The third-order valence-corrected chi connectivity index (χ3v) is 6.81. The smallest absolute Gasteiger partial charge is 0.243 e. The van der Waals surface area contributed by atoms with E-state index in [4.69, 9.17) is 9.47 Å². The molecule has 1 amide bonds. The van der Waals surface area contributed by atoms with Crippen molar-refractivity contribution in [1.29, 1.82) is 0 Å². The third kappa shape index (κ3) is 4.89. The van der Waals surface area contributed by atoms with Crippen molar-refractivity contribution in [2.24, 2.45) is 0 Å². The number of methoxy groups -OCH3 is 1. The average Bonchev–Trinajstić information content (AvgIpc) is 2.75. The SMILES string of the molecule is CCOc1ccc(S(=O)(=O)N2CCN(C(=O)Cc3ccccc3OC)CC2)cc1. The fraction of sp³-hybridized carbons (Fsp3) is 0.381. The van der Waals surface area contributed by atoms with Gasteiger partial charge in [0.25, 0.3) is 0 Å². The summed E-state index contributed by atoms with van der Waals surface area (Å²) in [7, 11) is -2.02. The van der Waals surface area contributed by atoms with E-state index in [9.17, 15) is 13.2 Å². The minimum Gasteiger partial charge on any atom is -0.496 e. The van der Waals surface area contributed by atoms with E-state index in [0.29, 0.717) is 31.2 Å². The van der Waals surface area contributed by atoms with Crippen molar-refractivity contribution in [2.45, 2.75) is 18.2 Å². The van der Waals surface area contributed by atoms with E-state index in [-0.39, 0.29) is 30.3 Å². The Morgan fingerprint density at radius 3 is 2.28 bits per heavy atom. The second kappa shape index (κ2) is 9.28. The Hall–Kier alpha value is -2.58. The van der Waals surface area contributed by atoms with Crippen LogP contribution in [0.2, 0.25) is 0 Å². The number of amides is 1. The van der Waals surface area contributed by atoms with E-state index in [0.717, 1.165) is 5.56 Å². The predicted octanol–water partition coefficient (Wildman–Crippen LogP) is 2.17. The molecule has 29 heavy (non-hydrogen) atoms. The van der Waals surface area contributed by atoms with Crippen LogP contribution in [0.25, 0.3) is 0 Å². The maximum atomic E-state index is 12.9. The number of carbonyl (C=O) groups excluding carboxylic acids is 1. The van der Waals surface area contributed by atoms with E-state index in [1.165, 1.54) is 4.31 Å². The van der Waals surface area contributed by atoms with Crippen LogP contribution in [0, 0.1) is 0 Å². The Balaban J connectivity index is 1.61. The Bertz CT molecular complexity index is 936. The summed E-state index contributed by atoms with van der Waals surface area (Å²) in [5, 5.41) is 0. The summed E-state index contributed by atoms with van der Waals surface area (Å²) in [5.41, 5.74) is 0.824. The molecule has 0 atom stereocenters. The van der Waals surface area contributed by atoms with E-state index in [1.807, 2.05) is 31.2 Å². The fourth-order valence-corrected chi connectivity index (χ4v) is 4.75. The molecule has 156 valence electrons. The molecule has 0 spiro atoms. The Morgan fingerprint density at radius 1 is 1.00 bits per heavy atom. The van der Waals surface area contributed by atoms with Gasteiger partial charge in [0.15, 0.2) is 0 Å². The molecule has 8 heteroatoms. The summed E-state index contributed by atoms with van der Waals surface area (Å²) in [4.78, 5) is 14.6. The fourth-order valence-electron chi connectivity index (χ4n) is 3.33. The van der Waals surface area contributed by atoms with Crippen LogP contribution >= 0.6 is 0 Å². The highest BCUT2D eigenvalue weighted by molar-refractivity contribution is 7.89. The number of para-hydroxylation sites is 1. The van der Waals surface area contributed by atoms with Gasteiger partial charge in [-0.05, 0) is 37.3 Å². The minimum atomic E-state index is -3.59. The number of carbonyl (C=O) groups is 1. The number of benzene rings is 2. The molecule has 0 unspecified atom stereocenters. The minimum absolute atomic E-state index is 0.0346. The van der Waals surface area contributed by atoms with Gasteiger partial charge in [0.05, 0.1) is 25.0 Å². The van der Waals surface area contributed by atoms with Crippen LogP contribution in [0.15, 0.2) is 53.4 Å². The molecule has 0 bridgehead atoms. The number of hydrogen-bond acceptors (Lipinski definition) is 5. The zero-order chi connectivity index (χ0) is 20.9. The summed E-state index contributed by atoms with van der Waals surface area (Å²) >= 11 is 0. The van der Waals surface area contributed by atoms with Gasteiger partial charge in [-0.1, -0.05) is 18.2 Å². The van der Waals surface area contributed by atoms with Gasteiger partial charge in [0.1, 0.15) is 11.5 Å². The van der Waals surface area contributed by atoms with Crippen molar-refractivity contribution in [3.05, 3.63) is 54.1 Å². The Kier molecular flexibility index (Phi) is 6.76. The molecular formula is C21H26N2O5S. The zero-order valence-electron chi connectivity index (χ0n) is 16.7. The van der Waals surface area contributed by atoms with Gasteiger partial charge in [-0.2, -0.15) is 4.31 Å². The second-order valence-electron chi connectivity index (χ2n) is 6.68. The van der Waals surface area contributed by atoms with Crippen molar-refractivity contribution < 1.29 is 22.7 Å². The lowest BCUT2D eigenvalue weighted by atomic mass is 10.1. The molecule has 7 nitrogen and oxygen atoms in total. The highest BCUT2D eigenvalue weighted by atomic mass is 32.2. The summed E-state index contributed by atoms with van der Waals surface area (Å²) in [6, 6.07) is 13.8. The lowest BCUT2D eigenvalue weighted by molar-refractivity contribution is -0.131. The zero-order valence-corrected chi connectivity index (χ0v) is 17.5. The quantitative estimate of drug-likeness (QED) is 0.689. The molecule has 0 N–H and O–H groups in total. The molecule has 0 aromatic heterocycles. The molecule has 0 aliphatic carbocycles. The van der Waals surface area contributed by atoms with Gasteiger partial charge in [-0.15, -0.1) is 0 Å². The van der Waals surface area contributed by atoms with E-state index in [2.05, 4.69) is 0 Å². The molecule has 1 aliphatic rings. The van der Waals surface area contributed by atoms with Crippen LogP contribution in [0.5, 0.6) is 11.5 Å². The maximum absolute atomic E-state index is 12.9. The molecule has 1 saturated heterocycles. The second-order valence-corrected chi connectivity index (χ2v) is 8.62. The first kappa shape index (κ1) is 21.1. The standard InChI is InChI=1S/C21H26N2O5S/c1-3-28-18-8-10-19(11-9-18)29(25,26)23-14-12-22(13-15-23)21(24)16-17-6-4-5-7-20(17)27-2/h4-11H,3,12-16H2,1-2H3. The molecule has 0 saturated carbocycles. The van der Waals surface area contributed by atoms with Crippen LogP contribution < -0.4 is 9.47 Å². The van der Waals surface area contributed by atoms with E-state index < -0.39 is 10.0 Å². The van der Waals surface area contributed by atoms with Crippen molar-refractivity contribution in [3.8, 4) is 11.5 Å². The first-order valence-corrected chi connectivity index (χ1v) is 11.0. The third-order valence-electron chi connectivity index (χ3n) is 4.90. The van der Waals surface area contributed by atoms with E-state index >= 15 is 0 Å². The lowest BCUT2D eigenvalue weighted by Gasteiger charge is -2.34. The molecule has 2 aromatic rings. The number of rotatable bonds is 7. The number of hydrogen-bond donors (Lipinski definition) is 0. The number of ether oxygens (including phenoxy) is 2. The van der Waals surface area contributed by atoms with Gasteiger partial charge in [-0.25, -0.2) is 8.42 Å². The number of sulfonamides is 1. The van der Waals surface area contributed by atoms with Crippen LogP contribution in [0.4, 0.5) is 0 Å². The van der Waals surface area contributed by atoms with Crippen LogP contribution in [-0.4, -0.2) is 63.4 Å². The van der Waals surface area contributed by atoms with Gasteiger partial charge in [-0.3, -0.25) is 4.79 Å². The highest BCUT2D eigenvalue weighted by Gasteiger charge is 2.30. The lowest BCUT2D eigenvalue weighted by Crippen LogP contribution is -2.50. The summed E-state index contributed by atoms with van der Waals surface area (Å²) in [5.74, 6) is 1.28. The molecule has 0 radical (unpaired) electrons. The number of nitrogens with zero attached hydrogens (tertiary/aromatic N) is 2. The molecule has 1 heterocycles. The van der Waals surface area contributed by atoms with Crippen LogP contribution in [0.3, 0.4) is 0 Å². The summed E-state index contributed by atoms with van der Waals surface area (Å²) < 4.78 is 37.8. The Morgan fingerprint density at radius 2 is 1.66 bits per heavy atom. The van der Waals surface area contributed by atoms with E-state index in [1.54, 1.807) is 36.3 Å². The van der Waals surface area contributed by atoms with Crippen molar-refractivity contribution in [3.63, 3.8) is 0 Å². The van der Waals surface area contributed by atoms with Crippen molar-refractivity contribution >= 4 is 15.9 Å². The molecule has 2 aromatic carbocycles. The van der Waals surface area contributed by atoms with Crippen molar-refractivity contribution in [1.82, 2.24) is 9.21 Å². The molecule has 3 rings (SSSR count). The van der Waals surface area contributed by atoms with Crippen molar-refractivity contribution in [2.75, 3.05) is 39.9 Å². The van der Waals surface area contributed by atoms with Crippen LogP contribution in [-0.2, 0) is 21.2 Å². The van der Waals surface area contributed by atoms with Gasteiger partial charge < -0.3 is 14.4 Å². The van der Waals surface area contributed by atoms with Crippen LogP contribution in [0.1, 0.15) is 12.5 Å². The van der Waals surface area contributed by atoms with Gasteiger partial charge in [0.2, 0.25) is 15.9 Å². The van der Waals surface area contributed by atoms with Gasteiger partial charge >= 0.3 is 0 Å².